The highest BCUT2D eigenvalue weighted by atomic mass is 32.2. The number of nitrogens with zero attached hydrogens (tertiary/aromatic N) is 1. The molecule has 2 aliphatic rings. The monoisotopic (exact) mass is 452 g/mol. The number of nitrogens with one attached hydrogen (secondary N) is 1. The zero-order valence-corrected chi connectivity index (χ0v) is 18.9. The molecule has 8 nitrogen and oxygen atoms in total. The van der Waals surface area contributed by atoms with Crippen molar-refractivity contribution in [3.05, 3.63) is 29.8 Å². The Labute approximate surface area is 184 Å². The first kappa shape index (κ1) is 23.7. The lowest BCUT2D eigenvalue weighted by Crippen LogP contribution is -2.56. The van der Waals surface area contributed by atoms with Crippen LogP contribution in [0.2, 0.25) is 0 Å². The van der Waals surface area contributed by atoms with Crippen molar-refractivity contribution in [3.8, 4) is 0 Å². The third kappa shape index (κ3) is 5.84. The first-order chi connectivity index (χ1) is 14.9. The second-order valence-electron chi connectivity index (χ2n) is 8.07. The molecule has 1 aromatic carbocycles. The molecule has 0 unspecified atom stereocenters. The van der Waals surface area contributed by atoms with Crippen LogP contribution in [0.3, 0.4) is 0 Å². The predicted molar refractivity (Wildman–Crippen MR) is 115 cm³/mol. The van der Waals surface area contributed by atoms with Gasteiger partial charge < -0.3 is 14.8 Å². The Morgan fingerprint density at radius 2 is 1.74 bits per heavy atom. The number of sulfonamides is 1. The van der Waals surface area contributed by atoms with Gasteiger partial charge in [-0.3, -0.25) is 4.79 Å². The van der Waals surface area contributed by atoms with Gasteiger partial charge >= 0.3 is 5.97 Å². The topological polar surface area (TPSA) is 102 Å². The van der Waals surface area contributed by atoms with Gasteiger partial charge in [0.25, 0.3) is 0 Å². The molecule has 0 bridgehead atoms. The standard InChI is InChI=1S/C22H32N2O6S/c1-2-30-21(26)22(12-4-3-5-13-22)23-20(25)11-8-18-6-9-19(10-7-18)31(27,28)24-14-16-29-17-15-24/h6-7,9-10H,2-5,8,11-17H2,1H3,(H,23,25). The lowest BCUT2D eigenvalue weighted by molar-refractivity contribution is -0.155. The fourth-order valence-electron chi connectivity index (χ4n) is 4.16. The van der Waals surface area contributed by atoms with Crippen molar-refractivity contribution in [3.63, 3.8) is 0 Å². The highest BCUT2D eigenvalue weighted by molar-refractivity contribution is 7.89. The largest absolute Gasteiger partial charge is 0.464 e. The van der Waals surface area contributed by atoms with Crippen molar-refractivity contribution in [1.29, 1.82) is 0 Å². The number of esters is 1. The molecule has 1 aromatic rings. The van der Waals surface area contributed by atoms with E-state index in [2.05, 4.69) is 5.32 Å². The Balaban J connectivity index is 1.58. The van der Waals surface area contributed by atoms with Gasteiger partial charge in [-0.05, 0) is 43.9 Å². The van der Waals surface area contributed by atoms with Crippen LogP contribution >= 0.6 is 0 Å². The molecule has 1 aliphatic carbocycles. The van der Waals surface area contributed by atoms with Crippen LogP contribution < -0.4 is 5.32 Å². The van der Waals surface area contributed by atoms with E-state index >= 15 is 0 Å². The van der Waals surface area contributed by atoms with Gasteiger partial charge in [0, 0.05) is 19.5 Å². The molecule has 1 amide bonds. The molecule has 1 saturated heterocycles. The van der Waals surface area contributed by atoms with Crippen LogP contribution in [-0.2, 0) is 35.5 Å². The summed E-state index contributed by atoms with van der Waals surface area (Å²) in [5, 5.41) is 2.94. The number of aryl methyl sites for hydroxylation is 1. The normalized spacial score (nSPS) is 19.5. The fraction of sp³-hybridized carbons (Fsp3) is 0.636. The second kappa shape index (κ2) is 10.6. The maximum atomic E-state index is 12.7. The van der Waals surface area contributed by atoms with Gasteiger partial charge in [0.15, 0.2) is 0 Å². The van der Waals surface area contributed by atoms with Crippen LogP contribution in [0.4, 0.5) is 0 Å². The summed E-state index contributed by atoms with van der Waals surface area (Å²) in [6, 6.07) is 6.64. The SMILES string of the molecule is CCOC(=O)C1(NC(=O)CCc2ccc(S(=O)(=O)N3CCOCC3)cc2)CCCCC1. The maximum absolute atomic E-state index is 12.7. The molecule has 0 spiro atoms. The van der Waals surface area contributed by atoms with E-state index < -0.39 is 15.6 Å². The minimum atomic E-state index is -3.53. The van der Waals surface area contributed by atoms with Crippen molar-refractivity contribution in [1.82, 2.24) is 9.62 Å². The predicted octanol–water partition coefficient (Wildman–Crippen LogP) is 2.02. The number of carbonyl (C=O) groups excluding carboxylic acids is 2. The molecular weight excluding hydrogens is 420 g/mol. The smallest absolute Gasteiger partial charge is 0.331 e. The van der Waals surface area contributed by atoms with Crippen molar-refractivity contribution >= 4 is 21.9 Å². The lowest BCUT2D eigenvalue weighted by Gasteiger charge is -2.35. The van der Waals surface area contributed by atoms with Crippen LogP contribution in [0.1, 0.15) is 51.0 Å². The van der Waals surface area contributed by atoms with Crippen molar-refractivity contribution in [2.45, 2.75) is 62.3 Å². The molecule has 0 aromatic heterocycles. The summed E-state index contributed by atoms with van der Waals surface area (Å²) >= 11 is 0. The molecule has 1 N–H and O–H groups in total. The minimum Gasteiger partial charge on any atom is -0.464 e. The number of rotatable bonds is 8. The van der Waals surface area contributed by atoms with Gasteiger partial charge in [0.05, 0.1) is 24.7 Å². The lowest BCUT2D eigenvalue weighted by atomic mass is 9.81. The molecule has 0 radical (unpaired) electrons. The summed E-state index contributed by atoms with van der Waals surface area (Å²) in [6.07, 6.45) is 4.71. The Kier molecular flexibility index (Phi) is 8.07. The second-order valence-corrected chi connectivity index (χ2v) is 10.0. The van der Waals surface area contributed by atoms with Gasteiger partial charge in [-0.15, -0.1) is 0 Å². The van der Waals surface area contributed by atoms with E-state index in [-0.39, 0.29) is 29.8 Å². The summed E-state index contributed by atoms with van der Waals surface area (Å²) in [4.78, 5) is 25.3. The average molecular weight is 453 g/mol. The summed E-state index contributed by atoms with van der Waals surface area (Å²) in [7, 11) is -3.53. The summed E-state index contributed by atoms with van der Waals surface area (Å²) in [5.41, 5.74) is -0.0496. The van der Waals surface area contributed by atoms with Crippen LogP contribution in [0, 0.1) is 0 Å². The molecule has 1 aliphatic heterocycles. The molecule has 3 rings (SSSR count). The maximum Gasteiger partial charge on any atom is 0.331 e. The molecular formula is C22H32N2O6S. The van der Waals surface area contributed by atoms with Gasteiger partial charge in [0.1, 0.15) is 5.54 Å². The average Bonchev–Trinajstić information content (AvgIpc) is 2.79. The van der Waals surface area contributed by atoms with Crippen molar-refractivity contribution in [2.24, 2.45) is 0 Å². The molecule has 1 heterocycles. The Morgan fingerprint density at radius 3 is 2.35 bits per heavy atom. The van der Waals surface area contributed by atoms with Gasteiger partial charge in [-0.25, -0.2) is 13.2 Å². The molecule has 2 fully saturated rings. The van der Waals surface area contributed by atoms with Gasteiger partial charge in [-0.1, -0.05) is 31.4 Å². The number of carbonyl (C=O) groups is 2. The van der Waals surface area contributed by atoms with Crippen LogP contribution in [-0.4, -0.2) is 63.0 Å². The van der Waals surface area contributed by atoms with E-state index in [0.717, 1.165) is 24.8 Å². The summed E-state index contributed by atoms with van der Waals surface area (Å²) in [6.45, 7) is 3.56. The van der Waals surface area contributed by atoms with E-state index in [4.69, 9.17) is 9.47 Å². The molecule has 9 heteroatoms. The molecule has 31 heavy (non-hydrogen) atoms. The first-order valence-electron chi connectivity index (χ1n) is 11.0. The zero-order chi connectivity index (χ0) is 22.3. The Morgan fingerprint density at radius 1 is 1.10 bits per heavy atom. The number of morpholine rings is 1. The van der Waals surface area contributed by atoms with Gasteiger partial charge in [-0.2, -0.15) is 4.31 Å². The molecule has 1 saturated carbocycles. The molecule has 0 atom stereocenters. The summed E-state index contributed by atoms with van der Waals surface area (Å²) < 4.78 is 37.3. The number of amides is 1. The van der Waals surface area contributed by atoms with Crippen LogP contribution in [0.15, 0.2) is 29.2 Å². The minimum absolute atomic E-state index is 0.194. The van der Waals surface area contributed by atoms with E-state index in [0.29, 0.717) is 45.6 Å². The number of benzene rings is 1. The van der Waals surface area contributed by atoms with E-state index in [1.54, 1.807) is 31.2 Å². The highest BCUT2D eigenvalue weighted by Crippen LogP contribution is 2.30. The zero-order valence-electron chi connectivity index (χ0n) is 18.1. The van der Waals surface area contributed by atoms with Gasteiger partial charge in [0.2, 0.25) is 15.9 Å². The number of ether oxygens (including phenoxy) is 2. The van der Waals surface area contributed by atoms with E-state index in [1.165, 1.54) is 4.31 Å². The van der Waals surface area contributed by atoms with E-state index in [1.807, 2.05) is 0 Å². The first-order valence-corrected chi connectivity index (χ1v) is 12.5. The van der Waals surface area contributed by atoms with Crippen LogP contribution in [0.25, 0.3) is 0 Å². The third-order valence-electron chi connectivity index (χ3n) is 5.92. The number of hydrogen-bond acceptors (Lipinski definition) is 6. The molecule has 172 valence electrons. The quantitative estimate of drug-likeness (QED) is 0.606. The summed E-state index contributed by atoms with van der Waals surface area (Å²) in [5.74, 6) is -0.541. The van der Waals surface area contributed by atoms with Crippen molar-refractivity contribution < 1.29 is 27.5 Å². The Bertz CT molecular complexity index is 856. The third-order valence-corrected chi connectivity index (χ3v) is 7.84. The van der Waals surface area contributed by atoms with E-state index in [9.17, 15) is 18.0 Å². The highest BCUT2D eigenvalue weighted by Gasteiger charge is 2.42. The Hall–Kier alpha value is -1.97. The fourth-order valence-corrected chi connectivity index (χ4v) is 5.56. The number of hydrogen-bond donors (Lipinski definition) is 1. The van der Waals surface area contributed by atoms with Crippen molar-refractivity contribution in [2.75, 3.05) is 32.9 Å². The van der Waals surface area contributed by atoms with Crippen LogP contribution in [0.5, 0.6) is 0 Å².